The van der Waals surface area contributed by atoms with Gasteiger partial charge in [-0.3, -0.25) is 0 Å². The van der Waals surface area contributed by atoms with Gasteiger partial charge in [-0.15, -0.1) is 11.3 Å². The Kier molecular flexibility index (Phi) is 5.19. The molecule has 102 valence electrons. The topological polar surface area (TPSA) is 45.2 Å². The van der Waals surface area contributed by atoms with Gasteiger partial charge < -0.3 is 10.4 Å². The molecule has 2 rings (SSSR count). The van der Waals surface area contributed by atoms with Gasteiger partial charge in [-0.1, -0.05) is 23.2 Å². The molecule has 0 aliphatic heterocycles. The third kappa shape index (κ3) is 4.16. The van der Waals surface area contributed by atoms with Crippen molar-refractivity contribution in [2.75, 3.05) is 6.54 Å². The zero-order valence-corrected chi connectivity index (χ0v) is 12.7. The third-order valence-corrected chi connectivity index (χ3v) is 4.11. The van der Waals surface area contributed by atoms with Crippen LogP contribution in [0, 0.1) is 6.92 Å². The fourth-order valence-corrected chi connectivity index (χ4v) is 2.99. The number of rotatable bonds is 5. The van der Waals surface area contributed by atoms with E-state index in [0.717, 1.165) is 5.69 Å². The molecule has 1 aromatic heterocycles. The molecule has 2 aromatic rings. The average Bonchev–Trinajstić information content (AvgIpc) is 2.74. The van der Waals surface area contributed by atoms with Crippen LogP contribution in [0.4, 0.5) is 0 Å². The van der Waals surface area contributed by atoms with Crippen molar-refractivity contribution in [1.82, 2.24) is 10.3 Å². The molecular formula is C13H14Cl2N2OS. The smallest absolute Gasteiger partial charge is 0.0915 e. The molecule has 0 saturated heterocycles. The van der Waals surface area contributed by atoms with Gasteiger partial charge in [-0.2, -0.15) is 0 Å². The van der Waals surface area contributed by atoms with E-state index in [1.54, 1.807) is 29.5 Å². The Bertz CT molecular complexity index is 539. The maximum absolute atomic E-state index is 10.1. The van der Waals surface area contributed by atoms with Crippen molar-refractivity contribution in [2.45, 2.75) is 19.6 Å². The van der Waals surface area contributed by atoms with Gasteiger partial charge in [0, 0.05) is 28.0 Å². The van der Waals surface area contributed by atoms with Gasteiger partial charge in [-0.25, -0.2) is 4.98 Å². The molecule has 1 heterocycles. The van der Waals surface area contributed by atoms with Gasteiger partial charge in [0.2, 0.25) is 0 Å². The fraction of sp³-hybridized carbons (Fsp3) is 0.308. The highest BCUT2D eigenvalue weighted by Gasteiger charge is 2.10. The Balaban J connectivity index is 1.90. The van der Waals surface area contributed by atoms with Crippen molar-refractivity contribution >= 4 is 34.5 Å². The van der Waals surface area contributed by atoms with Crippen molar-refractivity contribution in [3.05, 3.63) is 49.9 Å². The number of benzene rings is 1. The normalized spacial score (nSPS) is 12.6. The van der Waals surface area contributed by atoms with Crippen LogP contribution in [0.1, 0.15) is 22.2 Å². The molecule has 1 atom stereocenters. The standard InChI is InChI=1S/C13H14Cl2N2OS/c1-8-13(19-7-17-8)6-16-5-12(18)9-2-10(14)4-11(15)3-9/h2-4,7,12,16,18H,5-6H2,1H3. The Labute approximate surface area is 126 Å². The van der Waals surface area contributed by atoms with Crippen molar-refractivity contribution < 1.29 is 5.11 Å². The zero-order valence-electron chi connectivity index (χ0n) is 10.4. The molecule has 19 heavy (non-hydrogen) atoms. The highest BCUT2D eigenvalue weighted by molar-refractivity contribution is 7.09. The molecule has 0 amide bonds. The Morgan fingerprint density at radius 1 is 1.32 bits per heavy atom. The summed E-state index contributed by atoms with van der Waals surface area (Å²) in [6.07, 6.45) is -0.635. The first-order valence-electron chi connectivity index (χ1n) is 5.80. The molecule has 1 aromatic carbocycles. The molecule has 0 aliphatic carbocycles. The van der Waals surface area contributed by atoms with E-state index < -0.39 is 6.10 Å². The van der Waals surface area contributed by atoms with E-state index in [2.05, 4.69) is 10.3 Å². The molecule has 1 unspecified atom stereocenters. The van der Waals surface area contributed by atoms with Crippen molar-refractivity contribution in [3.63, 3.8) is 0 Å². The quantitative estimate of drug-likeness (QED) is 0.886. The highest BCUT2D eigenvalue weighted by atomic mass is 35.5. The predicted molar refractivity (Wildman–Crippen MR) is 80.0 cm³/mol. The third-order valence-electron chi connectivity index (χ3n) is 2.74. The first kappa shape index (κ1) is 14.8. The summed E-state index contributed by atoms with van der Waals surface area (Å²) < 4.78 is 0. The number of nitrogens with one attached hydrogen (secondary N) is 1. The largest absolute Gasteiger partial charge is 0.387 e. The maximum atomic E-state index is 10.1. The lowest BCUT2D eigenvalue weighted by atomic mass is 10.1. The lowest BCUT2D eigenvalue weighted by Gasteiger charge is -2.12. The second-order valence-corrected chi connectivity index (χ2v) is 6.02. The van der Waals surface area contributed by atoms with Crippen LogP contribution >= 0.6 is 34.5 Å². The molecule has 0 aliphatic rings. The summed E-state index contributed by atoms with van der Waals surface area (Å²) >= 11 is 13.4. The van der Waals surface area contributed by atoms with Crippen LogP contribution in [0.15, 0.2) is 23.7 Å². The summed E-state index contributed by atoms with van der Waals surface area (Å²) in [7, 11) is 0. The molecule has 0 spiro atoms. The summed E-state index contributed by atoms with van der Waals surface area (Å²) in [5.41, 5.74) is 3.56. The fourth-order valence-electron chi connectivity index (χ4n) is 1.70. The van der Waals surface area contributed by atoms with Crippen molar-refractivity contribution in [1.29, 1.82) is 0 Å². The van der Waals surface area contributed by atoms with Crippen LogP contribution in [0.5, 0.6) is 0 Å². The molecule has 0 fully saturated rings. The Morgan fingerprint density at radius 2 is 2.00 bits per heavy atom. The number of thiazole rings is 1. The van der Waals surface area contributed by atoms with Gasteiger partial charge in [0.1, 0.15) is 0 Å². The SMILES string of the molecule is Cc1ncsc1CNCC(O)c1cc(Cl)cc(Cl)c1. The first-order valence-corrected chi connectivity index (χ1v) is 7.43. The van der Waals surface area contributed by atoms with Gasteiger partial charge in [-0.05, 0) is 30.7 Å². The first-order chi connectivity index (χ1) is 9.06. The van der Waals surface area contributed by atoms with Gasteiger partial charge in [0.05, 0.1) is 17.3 Å². The van der Waals surface area contributed by atoms with Crippen LogP contribution in [0.25, 0.3) is 0 Å². The van der Waals surface area contributed by atoms with E-state index in [4.69, 9.17) is 23.2 Å². The van der Waals surface area contributed by atoms with E-state index in [-0.39, 0.29) is 0 Å². The van der Waals surface area contributed by atoms with Crippen LogP contribution in [0.3, 0.4) is 0 Å². The zero-order chi connectivity index (χ0) is 13.8. The van der Waals surface area contributed by atoms with Crippen molar-refractivity contribution in [3.8, 4) is 0 Å². The van der Waals surface area contributed by atoms with E-state index in [0.29, 0.717) is 28.7 Å². The molecule has 6 heteroatoms. The predicted octanol–water partition coefficient (Wildman–Crippen LogP) is 3.58. The van der Waals surface area contributed by atoms with Crippen LogP contribution in [0.2, 0.25) is 10.0 Å². The summed E-state index contributed by atoms with van der Waals surface area (Å²) in [4.78, 5) is 5.35. The Morgan fingerprint density at radius 3 is 2.58 bits per heavy atom. The number of aliphatic hydroxyl groups excluding tert-OH is 1. The number of nitrogens with zero attached hydrogens (tertiary/aromatic N) is 1. The molecule has 2 N–H and O–H groups in total. The molecule has 0 saturated carbocycles. The second-order valence-electron chi connectivity index (χ2n) is 4.21. The molecule has 0 radical (unpaired) electrons. The average molecular weight is 317 g/mol. The van der Waals surface area contributed by atoms with E-state index in [1.165, 1.54) is 4.88 Å². The minimum Gasteiger partial charge on any atom is -0.387 e. The van der Waals surface area contributed by atoms with E-state index in [1.807, 2.05) is 12.4 Å². The number of aromatic nitrogens is 1. The van der Waals surface area contributed by atoms with E-state index >= 15 is 0 Å². The Hall–Kier alpha value is -0.650. The van der Waals surface area contributed by atoms with E-state index in [9.17, 15) is 5.11 Å². The number of aliphatic hydroxyl groups is 1. The summed E-state index contributed by atoms with van der Waals surface area (Å²) in [5, 5.41) is 14.3. The summed E-state index contributed by atoms with van der Waals surface area (Å²) in [6, 6.07) is 5.09. The minimum atomic E-state index is -0.635. The monoisotopic (exact) mass is 316 g/mol. The molecule has 3 nitrogen and oxygen atoms in total. The number of hydrogen-bond acceptors (Lipinski definition) is 4. The van der Waals surface area contributed by atoms with Gasteiger partial charge in [0.15, 0.2) is 0 Å². The molecule has 0 bridgehead atoms. The van der Waals surface area contributed by atoms with Crippen molar-refractivity contribution in [2.24, 2.45) is 0 Å². The summed E-state index contributed by atoms with van der Waals surface area (Å²) in [5.74, 6) is 0. The lowest BCUT2D eigenvalue weighted by Crippen LogP contribution is -2.21. The highest BCUT2D eigenvalue weighted by Crippen LogP contribution is 2.23. The molecular weight excluding hydrogens is 303 g/mol. The van der Waals surface area contributed by atoms with Gasteiger partial charge in [0.25, 0.3) is 0 Å². The van der Waals surface area contributed by atoms with Crippen LogP contribution < -0.4 is 5.32 Å². The number of hydrogen-bond donors (Lipinski definition) is 2. The van der Waals surface area contributed by atoms with Gasteiger partial charge >= 0.3 is 0 Å². The van der Waals surface area contributed by atoms with Crippen LogP contribution in [-0.4, -0.2) is 16.6 Å². The summed E-state index contributed by atoms with van der Waals surface area (Å²) in [6.45, 7) is 3.11. The minimum absolute atomic E-state index is 0.439. The number of aryl methyl sites for hydroxylation is 1. The second kappa shape index (κ2) is 6.68. The maximum Gasteiger partial charge on any atom is 0.0915 e. The lowest BCUT2D eigenvalue weighted by molar-refractivity contribution is 0.174. The number of halogens is 2. The van der Waals surface area contributed by atoms with Crippen LogP contribution in [-0.2, 0) is 6.54 Å².